The number of carbonyl (C=O) groups excluding carboxylic acids is 1. The van der Waals surface area contributed by atoms with Crippen LogP contribution in [-0.4, -0.2) is 24.3 Å². The maximum Gasteiger partial charge on any atom is 0.275 e. The molecule has 3 aromatic rings. The number of nitrogens with zero attached hydrogens (tertiary/aromatic N) is 1. The molecule has 6 heteroatoms. The topological polar surface area (TPSA) is 80.2 Å². The second-order valence-electron chi connectivity index (χ2n) is 6.37. The van der Waals surface area contributed by atoms with Crippen molar-refractivity contribution in [2.45, 2.75) is 13.5 Å². The Labute approximate surface area is 169 Å². The molecule has 2 N–H and O–H groups in total. The summed E-state index contributed by atoms with van der Waals surface area (Å²) in [5, 5.41) is 13.8. The van der Waals surface area contributed by atoms with Crippen molar-refractivity contribution < 1.29 is 19.4 Å². The van der Waals surface area contributed by atoms with Gasteiger partial charge in [0, 0.05) is 5.56 Å². The van der Waals surface area contributed by atoms with Crippen LogP contribution in [-0.2, 0) is 6.61 Å². The SMILES string of the molecule is COc1cccc(/C=N\NC(=O)c2ccccc2O)c1OCc1cccc(C)c1. The molecule has 0 atom stereocenters. The van der Waals surface area contributed by atoms with Crippen LogP contribution in [0.3, 0.4) is 0 Å². The minimum absolute atomic E-state index is 0.108. The zero-order valence-electron chi connectivity index (χ0n) is 16.3. The molecule has 0 bridgehead atoms. The van der Waals surface area contributed by atoms with Crippen LogP contribution < -0.4 is 14.9 Å². The van der Waals surface area contributed by atoms with Crippen LogP contribution in [0.1, 0.15) is 27.0 Å². The van der Waals surface area contributed by atoms with Crippen LogP contribution in [0.15, 0.2) is 71.8 Å². The number of benzene rings is 3. The normalized spacial score (nSPS) is 10.7. The molecule has 0 saturated carbocycles. The van der Waals surface area contributed by atoms with Gasteiger partial charge in [0.05, 0.1) is 18.9 Å². The number of hydrogen-bond acceptors (Lipinski definition) is 5. The molecule has 29 heavy (non-hydrogen) atoms. The van der Waals surface area contributed by atoms with E-state index in [9.17, 15) is 9.90 Å². The Hall–Kier alpha value is -3.80. The Morgan fingerprint density at radius 3 is 2.66 bits per heavy atom. The van der Waals surface area contributed by atoms with Gasteiger partial charge in [-0.2, -0.15) is 5.10 Å². The first kappa shape index (κ1) is 19.9. The third-order valence-electron chi connectivity index (χ3n) is 4.21. The van der Waals surface area contributed by atoms with Crippen LogP contribution >= 0.6 is 0 Å². The monoisotopic (exact) mass is 390 g/mol. The van der Waals surface area contributed by atoms with E-state index < -0.39 is 5.91 Å². The number of ether oxygens (including phenoxy) is 2. The van der Waals surface area contributed by atoms with Crippen molar-refractivity contribution in [1.29, 1.82) is 0 Å². The largest absolute Gasteiger partial charge is 0.507 e. The van der Waals surface area contributed by atoms with E-state index in [1.54, 1.807) is 25.3 Å². The van der Waals surface area contributed by atoms with Crippen LogP contribution in [0.4, 0.5) is 0 Å². The summed E-state index contributed by atoms with van der Waals surface area (Å²) in [4.78, 5) is 12.2. The number of phenols is 1. The van der Waals surface area contributed by atoms with Crippen LogP contribution in [0, 0.1) is 6.92 Å². The fraction of sp³-hybridized carbons (Fsp3) is 0.130. The molecule has 0 aliphatic heterocycles. The number of hydrogen-bond donors (Lipinski definition) is 2. The highest BCUT2D eigenvalue weighted by atomic mass is 16.5. The number of carbonyl (C=O) groups is 1. The van der Waals surface area contributed by atoms with E-state index in [-0.39, 0.29) is 11.3 Å². The minimum atomic E-state index is -0.510. The fourth-order valence-electron chi connectivity index (χ4n) is 2.79. The molecule has 3 aromatic carbocycles. The highest BCUT2D eigenvalue weighted by Crippen LogP contribution is 2.31. The third-order valence-corrected chi connectivity index (χ3v) is 4.21. The molecule has 6 nitrogen and oxygen atoms in total. The molecular formula is C23H22N2O4. The molecule has 0 aromatic heterocycles. The lowest BCUT2D eigenvalue weighted by Gasteiger charge is -2.13. The molecule has 0 heterocycles. The van der Waals surface area contributed by atoms with Gasteiger partial charge in [-0.15, -0.1) is 0 Å². The zero-order chi connectivity index (χ0) is 20.6. The van der Waals surface area contributed by atoms with E-state index in [2.05, 4.69) is 16.6 Å². The molecular weight excluding hydrogens is 368 g/mol. The van der Waals surface area contributed by atoms with Gasteiger partial charge >= 0.3 is 0 Å². The van der Waals surface area contributed by atoms with Gasteiger partial charge in [0.25, 0.3) is 5.91 Å². The van der Waals surface area contributed by atoms with Crippen molar-refractivity contribution >= 4 is 12.1 Å². The van der Waals surface area contributed by atoms with Gasteiger partial charge in [-0.25, -0.2) is 5.43 Å². The number of methoxy groups -OCH3 is 1. The number of aromatic hydroxyl groups is 1. The van der Waals surface area contributed by atoms with Gasteiger partial charge in [0.1, 0.15) is 12.4 Å². The Morgan fingerprint density at radius 2 is 1.90 bits per heavy atom. The molecule has 0 radical (unpaired) electrons. The van der Waals surface area contributed by atoms with Crippen molar-refractivity contribution in [1.82, 2.24) is 5.43 Å². The van der Waals surface area contributed by atoms with E-state index >= 15 is 0 Å². The standard InChI is InChI=1S/C23H22N2O4/c1-16-7-5-8-17(13-16)15-29-22-18(9-6-12-21(22)28-2)14-24-25-23(27)19-10-3-4-11-20(19)26/h3-14,26H,15H2,1-2H3,(H,25,27)/b24-14-. The molecule has 0 aliphatic rings. The van der Waals surface area contributed by atoms with Crippen LogP contribution in [0.5, 0.6) is 17.2 Å². The first-order valence-electron chi connectivity index (χ1n) is 9.05. The van der Waals surface area contributed by atoms with E-state index in [4.69, 9.17) is 9.47 Å². The fourth-order valence-corrected chi connectivity index (χ4v) is 2.79. The number of hydrazone groups is 1. The number of rotatable bonds is 7. The Bertz CT molecular complexity index is 1030. The van der Waals surface area contributed by atoms with E-state index in [0.29, 0.717) is 23.7 Å². The summed E-state index contributed by atoms with van der Waals surface area (Å²) in [6.45, 7) is 2.39. The van der Waals surface area contributed by atoms with Gasteiger partial charge in [-0.3, -0.25) is 4.79 Å². The first-order valence-corrected chi connectivity index (χ1v) is 9.05. The molecule has 0 spiro atoms. The zero-order valence-corrected chi connectivity index (χ0v) is 16.3. The Morgan fingerprint density at radius 1 is 1.10 bits per heavy atom. The quantitative estimate of drug-likeness (QED) is 0.471. The summed E-state index contributed by atoms with van der Waals surface area (Å²) < 4.78 is 11.4. The van der Waals surface area contributed by atoms with Crippen molar-refractivity contribution in [3.63, 3.8) is 0 Å². The number of phenolic OH excluding ortho intramolecular Hbond substituents is 1. The van der Waals surface area contributed by atoms with Gasteiger partial charge in [0.15, 0.2) is 11.5 Å². The predicted octanol–water partition coefficient (Wildman–Crippen LogP) is 4.05. The molecule has 0 saturated heterocycles. The van der Waals surface area contributed by atoms with Crippen LogP contribution in [0.2, 0.25) is 0 Å². The maximum absolute atomic E-state index is 12.2. The lowest BCUT2D eigenvalue weighted by atomic mass is 10.1. The number of nitrogens with one attached hydrogen (secondary N) is 1. The maximum atomic E-state index is 12.2. The first-order chi connectivity index (χ1) is 14.1. The van der Waals surface area contributed by atoms with Gasteiger partial charge < -0.3 is 14.6 Å². The number of aryl methyl sites for hydroxylation is 1. The smallest absolute Gasteiger partial charge is 0.275 e. The summed E-state index contributed by atoms with van der Waals surface area (Å²) >= 11 is 0. The Kier molecular flexibility index (Phi) is 6.47. The summed E-state index contributed by atoms with van der Waals surface area (Å²) in [6, 6.07) is 19.7. The second kappa shape index (κ2) is 9.41. The molecule has 3 rings (SSSR count). The molecule has 0 unspecified atom stereocenters. The molecule has 0 aliphatic carbocycles. The van der Waals surface area contributed by atoms with Gasteiger partial charge in [0.2, 0.25) is 0 Å². The highest BCUT2D eigenvalue weighted by molar-refractivity contribution is 5.97. The van der Waals surface area contributed by atoms with Crippen molar-refractivity contribution in [2.24, 2.45) is 5.10 Å². The van der Waals surface area contributed by atoms with Crippen LogP contribution in [0.25, 0.3) is 0 Å². The van der Waals surface area contributed by atoms with E-state index in [0.717, 1.165) is 11.1 Å². The predicted molar refractivity (Wildman–Crippen MR) is 112 cm³/mol. The number of para-hydroxylation sites is 2. The van der Waals surface area contributed by atoms with E-state index in [1.807, 2.05) is 37.3 Å². The summed E-state index contributed by atoms with van der Waals surface area (Å²) in [5.41, 5.74) is 5.39. The molecule has 1 amide bonds. The van der Waals surface area contributed by atoms with Gasteiger partial charge in [-0.05, 0) is 36.8 Å². The average Bonchev–Trinajstić information content (AvgIpc) is 2.72. The lowest BCUT2D eigenvalue weighted by molar-refractivity contribution is 0.0952. The highest BCUT2D eigenvalue weighted by Gasteiger charge is 2.11. The summed E-state index contributed by atoms with van der Waals surface area (Å²) in [5.74, 6) is 0.471. The minimum Gasteiger partial charge on any atom is -0.507 e. The Balaban J connectivity index is 1.75. The van der Waals surface area contributed by atoms with Crippen molar-refractivity contribution in [3.05, 3.63) is 89.0 Å². The third kappa shape index (κ3) is 5.13. The van der Waals surface area contributed by atoms with Crippen molar-refractivity contribution in [3.8, 4) is 17.2 Å². The second-order valence-corrected chi connectivity index (χ2v) is 6.37. The van der Waals surface area contributed by atoms with Gasteiger partial charge in [-0.1, -0.05) is 48.0 Å². The number of amides is 1. The lowest BCUT2D eigenvalue weighted by Crippen LogP contribution is -2.17. The molecule has 0 fully saturated rings. The average molecular weight is 390 g/mol. The van der Waals surface area contributed by atoms with E-state index in [1.165, 1.54) is 18.3 Å². The van der Waals surface area contributed by atoms with Crippen molar-refractivity contribution in [2.75, 3.05) is 7.11 Å². The molecule has 148 valence electrons. The summed E-state index contributed by atoms with van der Waals surface area (Å²) in [7, 11) is 1.57. The summed E-state index contributed by atoms with van der Waals surface area (Å²) in [6.07, 6.45) is 1.48.